The third kappa shape index (κ3) is 2.63. The van der Waals surface area contributed by atoms with Crippen molar-refractivity contribution >= 4 is 0 Å². The molecule has 0 aliphatic rings. The predicted molar refractivity (Wildman–Crippen MR) is 77.2 cm³/mol. The molecule has 1 aromatic carbocycles. The lowest BCUT2D eigenvalue weighted by Gasteiger charge is -2.13. The fourth-order valence-electron chi connectivity index (χ4n) is 2.28. The minimum Gasteiger partial charge on any atom is -0.496 e. The highest BCUT2D eigenvalue weighted by Crippen LogP contribution is 2.32. The monoisotopic (exact) mass is 259 g/mol. The molecule has 0 spiro atoms. The number of hydrogen-bond donors (Lipinski definition) is 1. The van der Waals surface area contributed by atoms with E-state index in [4.69, 9.17) is 10.5 Å². The van der Waals surface area contributed by atoms with Crippen LogP contribution in [-0.4, -0.2) is 16.9 Å². The Morgan fingerprint density at radius 1 is 1.37 bits per heavy atom. The zero-order valence-electron chi connectivity index (χ0n) is 12.0. The molecule has 2 rings (SSSR count). The summed E-state index contributed by atoms with van der Waals surface area (Å²) in [7, 11) is 3.62. The quantitative estimate of drug-likeness (QED) is 0.918. The van der Waals surface area contributed by atoms with Gasteiger partial charge in [0.25, 0.3) is 0 Å². The van der Waals surface area contributed by atoms with Gasteiger partial charge in [-0.3, -0.25) is 4.68 Å². The Morgan fingerprint density at radius 3 is 2.68 bits per heavy atom. The largest absolute Gasteiger partial charge is 0.496 e. The number of hydrogen-bond acceptors (Lipinski definition) is 3. The van der Waals surface area contributed by atoms with Crippen LogP contribution in [0.4, 0.5) is 0 Å². The van der Waals surface area contributed by atoms with Gasteiger partial charge in [0.05, 0.1) is 12.8 Å². The molecule has 0 saturated carbocycles. The van der Waals surface area contributed by atoms with Crippen LogP contribution in [0.2, 0.25) is 0 Å². The van der Waals surface area contributed by atoms with Crippen molar-refractivity contribution in [2.75, 3.05) is 7.11 Å². The van der Waals surface area contributed by atoms with Crippen LogP contribution in [-0.2, 0) is 13.6 Å². The second-order valence-corrected chi connectivity index (χ2v) is 4.98. The first-order valence-corrected chi connectivity index (χ1v) is 6.47. The molecule has 0 atom stereocenters. The highest BCUT2D eigenvalue weighted by molar-refractivity contribution is 5.67. The molecule has 1 heterocycles. The summed E-state index contributed by atoms with van der Waals surface area (Å²) in [6.45, 7) is 4.77. The van der Waals surface area contributed by atoms with Gasteiger partial charge in [-0.2, -0.15) is 5.10 Å². The van der Waals surface area contributed by atoms with Crippen molar-refractivity contribution in [2.45, 2.75) is 26.3 Å². The maximum Gasteiger partial charge on any atom is 0.122 e. The highest BCUT2D eigenvalue weighted by atomic mass is 16.5. The summed E-state index contributed by atoms with van der Waals surface area (Å²) in [5.74, 6) is 1.34. The van der Waals surface area contributed by atoms with Crippen LogP contribution in [0.5, 0.6) is 5.75 Å². The maximum atomic E-state index is 5.75. The van der Waals surface area contributed by atoms with Crippen LogP contribution < -0.4 is 10.5 Å². The molecule has 102 valence electrons. The first-order chi connectivity index (χ1) is 9.06. The Labute approximate surface area is 114 Å². The summed E-state index contributed by atoms with van der Waals surface area (Å²) in [5.41, 5.74) is 10.1. The van der Waals surface area contributed by atoms with E-state index in [1.165, 1.54) is 5.56 Å². The van der Waals surface area contributed by atoms with Gasteiger partial charge in [-0.1, -0.05) is 19.9 Å². The van der Waals surface area contributed by atoms with Crippen LogP contribution in [0.1, 0.15) is 31.0 Å². The van der Waals surface area contributed by atoms with Crippen molar-refractivity contribution in [3.8, 4) is 16.9 Å². The zero-order valence-corrected chi connectivity index (χ0v) is 12.0. The number of aromatic nitrogens is 2. The lowest BCUT2D eigenvalue weighted by Crippen LogP contribution is -2.00. The highest BCUT2D eigenvalue weighted by Gasteiger charge is 2.13. The van der Waals surface area contributed by atoms with Gasteiger partial charge < -0.3 is 10.5 Å². The van der Waals surface area contributed by atoms with Gasteiger partial charge in [-0.05, 0) is 29.2 Å². The third-order valence-electron chi connectivity index (χ3n) is 3.26. The van der Waals surface area contributed by atoms with Crippen LogP contribution in [0.25, 0.3) is 11.1 Å². The lowest BCUT2D eigenvalue weighted by atomic mass is 9.96. The molecule has 2 aromatic rings. The SMILES string of the molecule is COc1ccc(-c2cn(C)nc2CN)cc1C(C)C. The van der Waals surface area contributed by atoms with E-state index < -0.39 is 0 Å². The minimum atomic E-state index is 0.410. The third-order valence-corrected chi connectivity index (χ3v) is 3.26. The fourth-order valence-corrected chi connectivity index (χ4v) is 2.28. The molecule has 0 amide bonds. The molecule has 19 heavy (non-hydrogen) atoms. The van der Waals surface area contributed by atoms with Crippen molar-refractivity contribution in [2.24, 2.45) is 12.8 Å². The topological polar surface area (TPSA) is 53.1 Å². The first-order valence-electron chi connectivity index (χ1n) is 6.47. The van der Waals surface area contributed by atoms with E-state index in [1.54, 1.807) is 11.8 Å². The second kappa shape index (κ2) is 5.45. The molecule has 0 saturated heterocycles. The van der Waals surface area contributed by atoms with Crippen molar-refractivity contribution < 1.29 is 4.74 Å². The molecule has 4 nitrogen and oxygen atoms in total. The van der Waals surface area contributed by atoms with E-state index in [9.17, 15) is 0 Å². The van der Waals surface area contributed by atoms with Gasteiger partial charge >= 0.3 is 0 Å². The van der Waals surface area contributed by atoms with Gasteiger partial charge in [0, 0.05) is 25.4 Å². The molecule has 0 aliphatic carbocycles. The number of ether oxygens (including phenoxy) is 1. The predicted octanol–water partition coefficient (Wildman–Crippen LogP) is 2.68. The van der Waals surface area contributed by atoms with Crippen molar-refractivity contribution in [1.82, 2.24) is 9.78 Å². The van der Waals surface area contributed by atoms with Crippen molar-refractivity contribution in [3.63, 3.8) is 0 Å². The number of rotatable bonds is 4. The second-order valence-electron chi connectivity index (χ2n) is 4.98. The number of aryl methyl sites for hydroxylation is 1. The summed E-state index contributed by atoms with van der Waals surface area (Å²) >= 11 is 0. The van der Waals surface area contributed by atoms with Gasteiger partial charge in [0.2, 0.25) is 0 Å². The van der Waals surface area contributed by atoms with Crippen LogP contribution in [0.15, 0.2) is 24.4 Å². The molecule has 0 fully saturated rings. The molecular weight excluding hydrogens is 238 g/mol. The first kappa shape index (κ1) is 13.6. The summed E-state index contributed by atoms with van der Waals surface area (Å²) in [6, 6.07) is 6.23. The maximum absolute atomic E-state index is 5.75. The fraction of sp³-hybridized carbons (Fsp3) is 0.400. The van der Waals surface area contributed by atoms with Crippen molar-refractivity contribution in [3.05, 3.63) is 35.7 Å². The van der Waals surface area contributed by atoms with E-state index in [0.717, 1.165) is 22.6 Å². The molecular formula is C15H21N3O. The smallest absolute Gasteiger partial charge is 0.122 e. The van der Waals surface area contributed by atoms with Crippen LogP contribution in [0.3, 0.4) is 0 Å². The molecule has 0 bridgehead atoms. The van der Waals surface area contributed by atoms with E-state index in [0.29, 0.717) is 12.5 Å². The van der Waals surface area contributed by atoms with Gasteiger partial charge in [0.1, 0.15) is 5.75 Å². The molecule has 0 radical (unpaired) electrons. The van der Waals surface area contributed by atoms with E-state index in [1.807, 2.05) is 19.3 Å². The van der Waals surface area contributed by atoms with Gasteiger partial charge in [-0.15, -0.1) is 0 Å². The Balaban J connectivity index is 2.53. The summed E-state index contributed by atoms with van der Waals surface area (Å²) in [5, 5.41) is 4.38. The standard InChI is InChI=1S/C15H21N3O/c1-10(2)12-7-11(5-6-15(12)19-4)13-9-18(3)17-14(13)8-16/h5-7,9-10H,8,16H2,1-4H3. The molecule has 4 heteroatoms. The van der Waals surface area contributed by atoms with Crippen LogP contribution in [0, 0.1) is 0 Å². The Hall–Kier alpha value is -1.81. The van der Waals surface area contributed by atoms with Crippen molar-refractivity contribution in [1.29, 1.82) is 0 Å². The lowest BCUT2D eigenvalue weighted by molar-refractivity contribution is 0.407. The molecule has 0 unspecified atom stereocenters. The van der Waals surface area contributed by atoms with Gasteiger partial charge in [-0.25, -0.2) is 0 Å². The number of nitrogens with two attached hydrogens (primary N) is 1. The number of benzene rings is 1. The Kier molecular flexibility index (Phi) is 3.90. The Morgan fingerprint density at radius 2 is 2.11 bits per heavy atom. The van der Waals surface area contributed by atoms with Gasteiger partial charge in [0.15, 0.2) is 0 Å². The number of methoxy groups -OCH3 is 1. The summed E-state index contributed by atoms with van der Waals surface area (Å²) < 4.78 is 7.22. The molecule has 1 aromatic heterocycles. The minimum absolute atomic E-state index is 0.410. The summed E-state index contributed by atoms with van der Waals surface area (Å²) in [6.07, 6.45) is 2.01. The Bertz CT molecular complexity index is 573. The normalized spacial score (nSPS) is 11.1. The molecule has 2 N–H and O–H groups in total. The van der Waals surface area contributed by atoms with E-state index in [2.05, 4.69) is 31.1 Å². The number of nitrogens with zero attached hydrogens (tertiary/aromatic N) is 2. The summed E-state index contributed by atoms with van der Waals surface area (Å²) in [4.78, 5) is 0. The van der Waals surface area contributed by atoms with E-state index in [-0.39, 0.29) is 0 Å². The van der Waals surface area contributed by atoms with Crippen LogP contribution >= 0.6 is 0 Å². The average Bonchev–Trinajstić information content (AvgIpc) is 2.79. The van der Waals surface area contributed by atoms with E-state index >= 15 is 0 Å². The molecule has 0 aliphatic heterocycles. The average molecular weight is 259 g/mol. The zero-order chi connectivity index (χ0) is 14.0.